The zero-order valence-corrected chi connectivity index (χ0v) is 16.6. The van der Waals surface area contributed by atoms with Gasteiger partial charge in [0.2, 0.25) is 0 Å². The van der Waals surface area contributed by atoms with Crippen molar-refractivity contribution in [1.29, 1.82) is 0 Å². The van der Waals surface area contributed by atoms with E-state index in [4.69, 9.17) is 4.74 Å². The molecule has 0 aliphatic heterocycles. The molecule has 0 radical (unpaired) electrons. The maximum Gasteiger partial charge on any atom is 0.292 e. The number of aliphatic imine (C=N–C) groups is 1. The first-order valence-corrected chi connectivity index (χ1v) is 9.40. The summed E-state index contributed by atoms with van der Waals surface area (Å²) in [5, 5.41) is 2.60. The number of amides is 1. The second-order valence-corrected chi connectivity index (χ2v) is 6.55. The molecule has 1 aromatic carbocycles. The van der Waals surface area contributed by atoms with Crippen LogP contribution in [0.5, 0.6) is 0 Å². The van der Waals surface area contributed by atoms with Gasteiger partial charge in [-0.05, 0) is 65.4 Å². The molecule has 1 unspecified atom stereocenters. The summed E-state index contributed by atoms with van der Waals surface area (Å²) in [6, 6.07) is 6.00. The first kappa shape index (κ1) is 22.1. The fourth-order valence-electron chi connectivity index (χ4n) is 2.54. The van der Waals surface area contributed by atoms with Crippen molar-refractivity contribution in [2.75, 3.05) is 19.6 Å². The number of amidine groups is 1. The molecule has 26 heavy (non-hydrogen) atoms. The molecule has 0 spiro atoms. The summed E-state index contributed by atoms with van der Waals surface area (Å²) in [5.41, 5.74) is -0.0262. The molecule has 1 aromatic rings. The average molecular weight is 365 g/mol. The lowest BCUT2D eigenvalue weighted by molar-refractivity contribution is 0.0955. The second kappa shape index (κ2) is 11.6. The van der Waals surface area contributed by atoms with E-state index >= 15 is 0 Å². The maximum atomic E-state index is 13.8. The molecule has 6 heteroatoms. The Morgan fingerprint density at radius 3 is 2.46 bits per heavy atom. The van der Waals surface area contributed by atoms with E-state index in [2.05, 4.69) is 29.1 Å². The Morgan fingerprint density at radius 2 is 1.88 bits per heavy atom. The molecular weight excluding hydrogens is 333 g/mol. The molecule has 1 amide bonds. The Balaban J connectivity index is 2.71. The highest BCUT2D eigenvalue weighted by Gasteiger charge is 2.16. The number of nitrogens with one attached hydrogen (secondary N) is 1. The Kier molecular flexibility index (Phi) is 9.88. The normalized spacial score (nSPS) is 13.2. The number of rotatable bonds is 9. The Morgan fingerprint density at radius 1 is 1.23 bits per heavy atom. The van der Waals surface area contributed by atoms with Gasteiger partial charge in [-0.1, -0.05) is 26.0 Å². The highest BCUT2D eigenvalue weighted by molar-refractivity contribution is 6.04. The summed E-state index contributed by atoms with van der Waals surface area (Å²) in [6.45, 7) is 13.1. The highest BCUT2D eigenvalue weighted by atomic mass is 19.1. The van der Waals surface area contributed by atoms with Gasteiger partial charge in [0.15, 0.2) is 0 Å². The largest absolute Gasteiger partial charge is 0.462 e. The number of ether oxygens (including phenoxy) is 1. The van der Waals surface area contributed by atoms with Crippen LogP contribution in [0, 0.1) is 5.82 Å². The highest BCUT2D eigenvalue weighted by Crippen LogP contribution is 2.08. The smallest absolute Gasteiger partial charge is 0.292 e. The summed E-state index contributed by atoms with van der Waals surface area (Å²) in [6.07, 6.45) is 1.76. The van der Waals surface area contributed by atoms with Crippen molar-refractivity contribution in [1.82, 2.24) is 10.2 Å². The number of hydrogen-bond acceptors (Lipinski definition) is 4. The molecular formula is C20H32FN3O2. The lowest BCUT2D eigenvalue weighted by Gasteiger charge is -2.19. The molecule has 0 fully saturated rings. The van der Waals surface area contributed by atoms with Crippen molar-refractivity contribution in [3.05, 3.63) is 35.6 Å². The van der Waals surface area contributed by atoms with Crippen LogP contribution in [0.1, 0.15) is 57.8 Å². The molecule has 1 atom stereocenters. The fraction of sp³-hybridized carbons (Fsp3) is 0.600. The van der Waals surface area contributed by atoms with Gasteiger partial charge in [0.05, 0.1) is 17.7 Å². The van der Waals surface area contributed by atoms with Crippen molar-refractivity contribution in [2.24, 2.45) is 4.99 Å². The molecule has 0 aliphatic rings. The average Bonchev–Trinajstić information content (AvgIpc) is 2.58. The minimum atomic E-state index is -0.568. The summed E-state index contributed by atoms with van der Waals surface area (Å²) in [7, 11) is 0. The molecule has 5 nitrogen and oxygen atoms in total. The van der Waals surface area contributed by atoms with E-state index in [1.54, 1.807) is 12.1 Å². The van der Waals surface area contributed by atoms with E-state index in [0.717, 1.165) is 32.5 Å². The van der Waals surface area contributed by atoms with Crippen LogP contribution in [0.25, 0.3) is 0 Å². The first-order chi connectivity index (χ1) is 12.4. The van der Waals surface area contributed by atoms with Crippen molar-refractivity contribution < 1.29 is 13.9 Å². The Labute approximate surface area is 156 Å². The third kappa shape index (κ3) is 7.95. The molecule has 0 saturated heterocycles. The van der Waals surface area contributed by atoms with Gasteiger partial charge in [-0.25, -0.2) is 9.38 Å². The minimum absolute atomic E-state index is 0.000215. The van der Waals surface area contributed by atoms with Crippen LogP contribution >= 0.6 is 0 Å². The second-order valence-electron chi connectivity index (χ2n) is 6.55. The third-order valence-electron chi connectivity index (χ3n) is 4.01. The number of hydrogen-bond donors (Lipinski definition) is 1. The zero-order valence-electron chi connectivity index (χ0n) is 16.6. The fourth-order valence-corrected chi connectivity index (χ4v) is 2.54. The summed E-state index contributed by atoms with van der Waals surface area (Å²) < 4.78 is 19.4. The van der Waals surface area contributed by atoms with Crippen LogP contribution in [-0.2, 0) is 4.74 Å². The SMILES string of the molecule is CCN(CC)CCCC(C)N=C(NC(=O)c1ccccc1F)OC(C)C. The number of nitrogens with zero attached hydrogens (tertiary/aromatic N) is 2. The minimum Gasteiger partial charge on any atom is -0.462 e. The standard InChI is InChI=1S/C20H32FN3O2/c1-6-24(7-2)14-10-11-16(5)22-20(26-15(3)4)23-19(25)17-12-8-9-13-18(17)21/h8-9,12-13,15-16H,6-7,10-11,14H2,1-5H3,(H,22,23,25). The number of carbonyl (C=O) groups is 1. The molecule has 0 heterocycles. The van der Waals surface area contributed by atoms with Gasteiger partial charge in [0.25, 0.3) is 11.9 Å². The lowest BCUT2D eigenvalue weighted by Crippen LogP contribution is -2.35. The van der Waals surface area contributed by atoms with E-state index < -0.39 is 11.7 Å². The van der Waals surface area contributed by atoms with Crippen molar-refractivity contribution in [2.45, 2.75) is 59.6 Å². The van der Waals surface area contributed by atoms with Gasteiger partial charge in [-0.3, -0.25) is 10.1 Å². The van der Waals surface area contributed by atoms with E-state index in [0.29, 0.717) is 0 Å². The van der Waals surface area contributed by atoms with Crippen LogP contribution < -0.4 is 5.32 Å². The van der Waals surface area contributed by atoms with Gasteiger partial charge in [0.1, 0.15) is 5.82 Å². The van der Waals surface area contributed by atoms with E-state index in [-0.39, 0.29) is 23.7 Å². The van der Waals surface area contributed by atoms with Crippen molar-refractivity contribution in [3.8, 4) is 0 Å². The van der Waals surface area contributed by atoms with Crippen molar-refractivity contribution in [3.63, 3.8) is 0 Å². The molecule has 1 N–H and O–H groups in total. The third-order valence-corrected chi connectivity index (χ3v) is 4.01. The Hall–Kier alpha value is -1.95. The molecule has 0 aliphatic carbocycles. The zero-order chi connectivity index (χ0) is 19.5. The van der Waals surface area contributed by atoms with E-state index in [9.17, 15) is 9.18 Å². The van der Waals surface area contributed by atoms with Crippen LogP contribution in [0.4, 0.5) is 4.39 Å². The summed E-state index contributed by atoms with van der Waals surface area (Å²) >= 11 is 0. The van der Waals surface area contributed by atoms with Crippen LogP contribution in [-0.4, -0.2) is 48.6 Å². The molecule has 0 bridgehead atoms. The lowest BCUT2D eigenvalue weighted by atomic mass is 10.2. The van der Waals surface area contributed by atoms with Gasteiger partial charge in [-0.15, -0.1) is 0 Å². The van der Waals surface area contributed by atoms with Crippen molar-refractivity contribution >= 4 is 11.9 Å². The summed E-state index contributed by atoms with van der Waals surface area (Å²) in [4.78, 5) is 19.1. The van der Waals surface area contributed by atoms with Gasteiger partial charge >= 0.3 is 0 Å². The topological polar surface area (TPSA) is 53.9 Å². The molecule has 0 aromatic heterocycles. The number of halogens is 1. The van der Waals surface area contributed by atoms with Crippen LogP contribution in [0.2, 0.25) is 0 Å². The van der Waals surface area contributed by atoms with Gasteiger partial charge in [0, 0.05) is 0 Å². The van der Waals surface area contributed by atoms with E-state index in [1.165, 1.54) is 12.1 Å². The van der Waals surface area contributed by atoms with Gasteiger partial charge in [-0.2, -0.15) is 0 Å². The number of carbonyl (C=O) groups excluding carboxylic acids is 1. The van der Waals surface area contributed by atoms with Crippen LogP contribution in [0.3, 0.4) is 0 Å². The predicted molar refractivity (Wildman–Crippen MR) is 104 cm³/mol. The van der Waals surface area contributed by atoms with Gasteiger partial charge < -0.3 is 9.64 Å². The first-order valence-electron chi connectivity index (χ1n) is 9.40. The number of benzene rings is 1. The molecule has 0 saturated carbocycles. The summed E-state index contributed by atoms with van der Waals surface area (Å²) in [5.74, 6) is -1.13. The predicted octanol–water partition coefficient (Wildman–Crippen LogP) is 3.85. The van der Waals surface area contributed by atoms with E-state index in [1.807, 2.05) is 20.8 Å². The van der Waals surface area contributed by atoms with Crippen LogP contribution in [0.15, 0.2) is 29.3 Å². The molecule has 146 valence electrons. The maximum absolute atomic E-state index is 13.8. The molecule has 1 rings (SSSR count). The Bertz CT molecular complexity index is 586. The quantitative estimate of drug-likeness (QED) is 0.534. The monoisotopic (exact) mass is 365 g/mol.